The standard InChI is InChI=1S/C13H17N3O2/c1-2-14-10-13-16-15-12(18-13)8-9-17-11-6-4-3-5-7-11/h3-7,14H,2,8-10H2,1H3. The van der Waals surface area contributed by atoms with Crippen molar-refractivity contribution in [3.05, 3.63) is 42.1 Å². The molecule has 0 unspecified atom stereocenters. The van der Waals surface area contributed by atoms with Gasteiger partial charge in [-0.05, 0) is 18.7 Å². The van der Waals surface area contributed by atoms with E-state index in [1.165, 1.54) is 0 Å². The molecule has 96 valence electrons. The van der Waals surface area contributed by atoms with E-state index in [0.29, 0.717) is 31.4 Å². The number of aromatic nitrogens is 2. The number of hydrogen-bond donors (Lipinski definition) is 1. The van der Waals surface area contributed by atoms with Gasteiger partial charge in [0, 0.05) is 0 Å². The van der Waals surface area contributed by atoms with Crippen LogP contribution in [0.2, 0.25) is 0 Å². The lowest BCUT2D eigenvalue weighted by Gasteiger charge is -2.02. The summed E-state index contributed by atoms with van der Waals surface area (Å²) in [6, 6.07) is 9.68. The number of rotatable bonds is 7. The minimum Gasteiger partial charge on any atom is -0.493 e. The zero-order chi connectivity index (χ0) is 12.6. The lowest BCUT2D eigenvalue weighted by atomic mass is 10.3. The Kier molecular flexibility index (Phi) is 4.72. The van der Waals surface area contributed by atoms with Crippen LogP contribution in [0.15, 0.2) is 34.7 Å². The van der Waals surface area contributed by atoms with Crippen molar-refractivity contribution in [3.63, 3.8) is 0 Å². The van der Waals surface area contributed by atoms with Crippen LogP contribution in [0, 0.1) is 0 Å². The van der Waals surface area contributed by atoms with Crippen molar-refractivity contribution in [3.8, 4) is 5.75 Å². The first-order chi connectivity index (χ1) is 8.88. The Hall–Kier alpha value is -1.88. The molecule has 0 bridgehead atoms. The monoisotopic (exact) mass is 247 g/mol. The van der Waals surface area contributed by atoms with Gasteiger partial charge in [0.15, 0.2) is 0 Å². The van der Waals surface area contributed by atoms with Gasteiger partial charge >= 0.3 is 0 Å². The highest BCUT2D eigenvalue weighted by Crippen LogP contribution is 2.09. The first-order valence-electron chi connectivity index (χ1n) is 6.08. The normalized spacial score (nSPS) is 10.5. The van der Waals surface area contributed by atoms with Crippen LogP contribution in [0.4, 0.5) is 0 Å². The molecule has 2 aromatic rings. The average Bonchev–Trinajstić information content (AvgIpc) is 2.85. The highest BCUT2D eigenvalue weighted by atomic mass is 16.5. The molecule has 0 aliphatic heterocycles. The van der Waals surface area contributed by atoms with Crippen molar-refractivity contribution in [2.45, 2.75) is 19.9 Å². The van der Waals surface area contributed by atoms with Crippen LogP contribution in [0.25, 0.3) is 0 Å². The molecule has 0 amide bonds. The molecule has 0 saturated heterocycles. The number of para-hydroxylation sites is 1. The van der Waals surface area contributed by atoms with E-state index in [9.17, 15) is 0 Å². The minimum absolute atomic E-state index is 0.535. The van der Waals surface area contributed by atoms with Crippen molar-refractivity contribution >= 4 is 0 Å². The van der Waals surface area contributed by atoms with Crippen LogP contribution in [0.5, 0.6) is 5.75 Å². The molecular formula is C13H17N3O2. The molecular weight excluding hydrogens is 230 g/mol. The first kappa shape index (κ1) is 12.6. The van der Waals surface area contributed by atoms with Gasteiger partial charge in [-0.1, -0.05) is 25.1 Å². The quantitative estimate of drug-likeness (QED) is 0.808. The average molecular weight is 247 g/mol. The van der Waals surface area contributed by atoms with Gasteiger partial charge < -0.3 is 14.5 Å². The number of benzene rings is 1. The molecule has 1 aromatic heterocycles. The summed E-state index contributed by atoms with van der Waals surface area (Å²) < 4.78 is 11.0. The van der Waals surface area contributed by atoms with Crippen molar-refractivity contribution < 1.29 is 9.15 Å². The fourth-order valence-electron chi connectivity index (χ4n) is 1.47. The van der Waals surface area contributed by atoms with E-state index in [4.69, 9.17) is 9.15 Å². The van der Waals surface area contributed by atoms with E-state index in [2.05, 4.69) is 15.5 Å². The Bertz CT molecular complexity index is 456. The lowest BCUT2D eigenvalue weighted by molar-refractivity contribution is 0.303. The predicted molar refractivity (Wildman–Crippen MR) is 67.3 cm³/mol. The summed E-state index contributed by atoms with van der Waals surface area (Å²) in [5, 5.41) is 11.0. The summed E-state index contributed by atoms with van der Waals surface area (Å²) in [4.78, 5) is 0. The Morgan fingerprint density at radius 1 is 1.17 bits per heavy atom. The van der Waals surface area contributed by atoms with Crippen molar-refractivity contribution in [1.82, 2.24) is 15.5 Å². The van der Waals surface area contributed by atoms with Gasteiger partial charge in [-0.25, -0.2) is 0 Å². The maximum atomic E-state index is 5.56. The maximum absolute atomic E-state index is 5.56. The molecule has 0 spiro atoms. The zero-order valence-electron chi connectivity index (χ0n) is 10.4. The molecule has 1 N–H and O–H groups in total. The predicted octanol–water partition coefficient (Wildman–Crippen LogP) is 1.80. The summed E-state index contributed by atoms with van der Waals surface area (Å²) in [7, 11) is 0. The highest BCUT2D eigenvalue weighted by Gasteiger charge is 2.05. The fraction of sp³-hybridized carbons (Fsp3) is 0.385. The van der Waals surface area contributed by atoms with Gasteiger partial charge in [0.25, 0.3) is 0 Å². The van der Waals surface area contributed by atoms with E-state index >= 15 is 0 Å². The third-order valence-electron chi connectivity index (χ3n) is 2.36. The molecule has 1 aromatic carbocycles. The summed E-state index contributed by atoms with van der Waals surface area (Å²) in [5.74, 6) is 2.08. The van der Waals surface area contributed by atoms with E-state index in [-0.39, 0.29) is 0 Å². The van der Waals surface area contributed by atoms with Crippen LogP contribution in [-0.4, -0.2) is 23.3 Å². The van der Waals surface area contributed by atoms with E-state index < -0.39 is 0 Å². The van der Waals surface area contributed by atoms with Gasteiger partial charge in [0.2, 0.25) is 11.8 Å². The molecule has 5 heteroatoms. The largest absolute Gasteiger partial charge is 0.493 e. The van der Waals surface area contributed by atoms with Crippen molar-refractivity contribution in [1.29, 1.82) is 0 Å². The lowest BCUT2D eigenvalue weighted by Crippen LogP contribution is -2.11. The van der Waals surface area contributed by atoms with Crippen LogP contribution < -0.4 is 10.1 Å². The second-order valence-corrected chi connectivity index (χ2v) is 3.78. The van der Waals surface area contributed by atoms with Gasteiger partial charge in [-0.2, -0.15) is 0 Å². The Balaban J connectivity index is 1.75. The third kappa shape index (κ3) is 3.85. The second-order valence-electron chi connectivity index (χ2n) is 3.78. The Labute approximate surface area is 106 Å². The van der Waals surface area contributed by atoms with E-state index in [1.807, 2.05) is 37.3 Å². The highest BCUT2D eigenvalue weighted by molar-refractivity contribution is 5.20. The molecule has 0 atom stereocenters. The SMILES string of the molecule is CCNCc1nnc(CCOc2ccccc2)o1. The third-order valence-corrected chi connectivity index (χ3v) is 2.36. The van der Waals surface area contributed by atoms with Gasteiger partial charge in [-0.3, -0.25) is 0 Å². The molecule has 0 saturated carbocycles. The Morgan fingerprint density at radius 3 is 2.72 bits per heavy atom. The van der Waals surface area contributed by atoms with Gasteiger partial charge in [0.1, 0.15) is 5.75 Å². The summed E-state index contributed by atoms with van der Waals surface area (Å²) in [6.07, 6.45) is 0.619. The van der Waals surface area contributed by atoms with E-state index in [1.54, 1.807) is 0 Å². The zero-order valence-corrected chi connectivity index (χ0v) is 10.4. The maximum Gasteiger partial charge on any atom is 0.230 e. The number of nitrogens with zero attached hydrogens (tertiary/aromatic N) is 2. The van der Waals surface area contributed by atoms with Crippen LogP contribution in [0.1, 0.15) is 18.7 Å². The van der Waals surface area contributed by atoms with Crippen molar-refractivity contribution in [2.75, 3.05) is 13.2 Å². The van der Waals surface area contributed by atoms with Gasteiger partial charge in [-0.15, -0.1) is 10.2 Å². The first-order valence-corrected chi connectivity index (χ1v) is 6.08. The molecule has 1 heterocycles. The molecule has 0 aliphatic rings. The molecule has 0 radical (unpaired) electrons. The minimum atomic E-state index is 0.535. The summed E-state index contributed by atoms with van der Waals surface area (Å²) in [5.41, 5.74) is 0. The van der Waals surface area contributed by atoms with Crippen LogP contribution in [0.3, 0.4) is 0 Å². The number of hydrogen-bond acceptors (Lipinski definition) is 5. The topological polar surface area (TPSA) is 60.2 Å². The van der Waals surface area contributed by atoms with Crippen LogP contribution in [-0.2, 0) is 13.0 Å². The fourth-order valence-corrected chi connectivity index (χ4v) is 1.47. The second kappa shape index (κ2) is 6.76. The summed E-state index contributed by atoms with van der Waals surface area (Å²) >= 11 is 0. The smallest absolute Gasteiger partial charge is 0.230 e. The molecule has 0 fully saturated rings. The number of nitrogens with one attached hydrogen (secondary N) is 1. The van der Waals surface area contributed by atoms with Gasteiger partial charge in [0.05, 0.1) is 19.6 Å². The molecule has 0 aliphatic carbocycles. The molecule has 2 rings (SSSR count). The molecule has 18 heavy (non-hydrogen) atoms. The summed E-state index contributed by atoms with van der Waals surface area (Å²) in [6.45, 7) is 4.07. The number of ether oxygens (including phenoxy) is 1. The molecule has 5 nitrogen and oxygen atoms in total. The Morgan fingerprint density at radius 2 is 1.94 bits per heavy atom. The van der Waals surface area contributed by atoms with E-state index in [0.717, 1.165) is 12.3 Å². The van der Waals surface area contributed by atoms with Crippen molar-refractivity contribution in [2.24, 2.45) is 0 Å². The van der Waals surface area contributed by atoms with Crippen LogP contribution >= 0.6 is 0 Å².